The van der Waals surface area contributed by atoms with Crippen molar-refractivity contribution < 1.29 is 0 Å². The number of nitriles is 2. The summed E-state index contributed by atoms with van der Waals surface area (Å²) >= 11 is 0. The second-order valence-corrected chi connectivity index (χ2v) is 28.4. The summed E-state index contributed by atoms with van der Waals surface area (Å²) in [5.41, 5.74) is 34.9. The summed E-state index contributed by atoms with van der Waals surface area (Å²) in [5.74, 6) is 0.917. The predicted molar refractivity (Wildman–Crippen MR) is 372 cm³/mol. The van der Waals surface area contributed by atoms with Crippen LogP contribution in [0.3, 0.4) is 0 Å². The van der Waals surface area contributed by atoms with Crippen molar-refractivity contribution in [1.82, 2.24) is 8.80 Å². The lowest BCUT2D eigenvalue weighted by Crippen LogP contribution is -2.37. The lowest BCUT2D eigenvalue weighted by Gasteiger charge is -2.46. The highest BCUT2D eigenvalue weighted by Gasteiger charge is 2.50. The number of rotatable bonds is 6. The Labute approximate surface area is 524 Å². The molecule has 7 aliphatic rings. The van der Waals surface area contributed by atoms with Gasteiger partial charge in [-0.15, -0.1) is 0 Å². The SMILES string of the molecule is Cc1cc(C(C)C)c(-c2ccc3c4c5c(c(C#N)cc4n4c6cc7c8c(-c9c(C(C)C)cc(C)cc9C(C)C)ccc9c%10c%11c(c(C#N)cc%10n(c7cc6c2c34)c98)C2c3ccccc3C%11c3ccccc32)C23C=CC=CC(=C2)C5c2ccccc23)c(C(C)C)c1. The van der Waals surface area contributed by atoms with Crippen molar-refractivity contribution in [3.05, 3.63) is 282 Å². The van der Waals surface area contributed by atoms with Crippen molar-refractivity contribution >= 4 is 76.2 Å². The standard InChI is InChI=1S/C86H66N4/c1-42(2)60-31-46(9)32-61(43(3)4)73(60)56-26-28-58-79-69(35-49(40-87)72-75-51-20-11-13-22-53(51)76(81(72)79)54-23-14-12-21-52(54)75)89-67-37-65-68(38-64(67)77(56)84(58)89)90-70-36-50(41-88)83-82(71-48-19-17-18-30-86(83,39-48)66-25-16-15-24-55(66)71)80(70)59-29-27-57(78(65)85(59)90)74-62(44(5)6)33-47(10)34-63(74)45(7)8/h11-39,42-45,71,75-76H,1-10H3. The van der Waals surface area contributed by atoms with Crippen LogP contribution in [0.25, 0.3) is 98.4 Å². The van der Waals surface area contributed by atoms with Gasteiger partial charge in [0.25, 0.3) is 0 Å². The number of fused-ring (bicyclic) bond motifs is 12. The van der Waals surface area contributed by atoms with Crippen molar-refractivity contribution in [3.8, 4) is 34.4 Å². The van der Waals surface area contributed by atoms with Gasteiger partial charge in [0.1, 0.15) is 0 Å². The molecule has 90 heavy (non-hydrogen) atoms. The molecule has 0 amide bonds. The van der Waals surface area contributed by atoms with E-state index >= 15 is 0 Å². The van der Waals surface area contributed by atoms with Gasteiger partial charge in [-0.25, -0.2) is 0 Å². The average molecular weight is 1160 g/mol. The van der Waals surface area contributed by atoms with Crippen molar-refractivity contribution in [2.24, 2.45) is 0 Å². The lowest BCUT2D eigenvalue weighted by molar-refractivity contribution is 0.685. The maximum Gasteiger partial charge on any atom is 0.0996 e. The molecule has 21 rings (SSSR count). The molecule has 0 radical (unpaired) electrons. The van der Waals surface area contributed by atoms with Gasteiger partial charge in [0.05, 0.1) is 61.8 Å². The maximum atomic E-state index is 11.8. The fourth-order valence-corrected chi connectivity index (χ4v) is 19.1. The van der Waals surface area contributed by atoms with Gasteiger partial charge in [-0.2, -0.15) is 10.5 Å². The van der Waals surface area contributed by atoms with E-state index in [1.807, 2.05) is 0 Å². The normalized spacial score (nSPS) is 18.4. The van der Waals surface area contributed by atoms with E-state index in [4.69, 9.17) is 0 Å². The summed E-state index contributed by atoms with van der Waals surface area (Å²) in [6.07, 6.45) is 11.5. The van der Waals surface area contributed by atoms with Crippen LogP contribution in [0.4, 0.5) is 0 Å². The van der Waals surface area contributed by atoms with E-state index in [1.54, 1.807) is 0 Å². The minimum Gasteiger partial charge on any atom is -0.308 e. The van der Waals surface area contributed by atoms with E-state index in [9.17, 15) is 10.5 Å². The van der Waals surface area contributed by atoms with Crippen molar-refractivity contribution in [2.75, 3.05) is 0 Å². The van der Waals surface area contributed by atoms with Crippen molar-refractivity contribution in [1.29, 1.82) is 10.5 Å². The van der Waals surface area contributed by atoms with Crippen molar-refractivity contribution in [3.63, 3.8) is 0 Å². The molecule has 2 unspecified atom stereocenters. The van der Waals surface area contributed by atoms with Crippen molar-refractivity contribution in [2.45, 2.75) is 116 Å². The molecule has 14 aromatic rings. The van der Waals surface area contributed by atoms with E-state index in [0.717, 1.165) is 44.3 Å². The summed E-state index contributed by atoms with van der Waals surface area (Å²) in [7, 11) is 0. The zero-order chi connectivity index (χ0) is 61.0. The summed E-state index contributed by atoms with van der Waals surface area (Å²) in [4.78, 5) is 0. The minimum absolute atomic E-state index is 0.0368. The molecule has 4 aromatic heterocycles. The zero-order valence-corrected chi connectivity index (χ0v) is 52.6. The first-order chi connectivity index (χ1) is 43.7. The van der Waals surface area contributed by atoms with Crippen LogP contribution in [0.1, 0.15) is 197 Å². The van der Waals surface area contributed by atoms with E-state index in [2.05, 4.69) is 266 Å². The van der Waals surface area contributed by atoms with Crippen LogP contribution in [0.15, 0.2) is 182 Å². The molecule has 10 aromatic carbocycles. The summed E-state index contributed by atoms with van der Waals surface area (Å²) in [6, 6.07) is 62.1. The molecule has 1 spiro atoms. The third-order valence-corrected chi connectivity index (χ3v) is 22.4. The number of aryl methyl sites for hydroxylation is 2. The number of aromatic nitrogens is 2. The quantitative estimate of drug-likeness (QED) is 0.167. The van der Waals surface area contributed by atoms with Crippen LogP contribution in [0, 0.1) is 36.5 Å². The fraction of sp³-hybridized carbons (Fsp3) is 0.209. The smallest absolute Gasteiger partial charge is 0.0996 e. The first-order valence-corrected chi connectivity index (χ1v) is 32.7. The van der Waals surface area contributed by atoms with Crippen LogP contribution in [0.2, 0.25) is 0 Å². The molecule has 0 saturated heterocycles. The highest BCUT2D eigenvalue weighted by atomic mass is 14.9. The van der Waals surface area contributed by atoms with E-state index in [1.165, 1.54) is 160 Å². The molecular weight excluding hydrogens is 1090 g/mol. The number of nitrogens with zero attached hydrogens (tertiary/aromatic N) is 4. The fourth-order valence-electron chi connectivity index (χ4n) is 19.1. The molecule has 0 saturated carbocycles. The van der Waals surface area contributed by atoms with Gasteiger partial charge >= 0.3 is 0 Å². The molecular formula is C86H66N4. The second-order valence-electron chi connectivity index (χ2n) is 28.4. The Morgan fingerprint density at radius 1 is 0.422 bits per heavy atom. The Hall–Kier alpha value is -10.0. The lowest BCUT2D eigenvalue weighted by atomic mass is 9.55. The van der Waals surface area contributed by atoms with Crippen LogP contribution >= 0.6 is 0 Å². The Morgan fingerprint density at radius 2 is 0.867 bits per heavy atom. The maximum absolute atomic E-state index is 11.8. The molecule has 0 aliphatic heterocycles. The Bertz CT molecular complexity index is 5760. The Kier molecular flexibility index (Phi) is 10.2. The van der Waals surface area contributed by atoms with Gasteiger partial charge in [0.15, 0.2) is 0 Å². The summed E-state index contributed by atoms with van der Waals surface area (Å²) in [6.45, 7) is 23.4. The number of benzene rings is 10. The topological polar surface area (TPSA) is 56.4 Å². The molecule has 0 N–H and O–H groups in total. The third-order valence-electron chi connectivity index (χ3n) is 22.4. The molecule has 4 heterocycles. The third kappa shape index (κ3) is 6.16. The van der Waals surface area contributed by atoms with Gasteiger partial charge in [0.2, 0.25) is 0 Å². The Morgan fingerprint density at radius 3 is 1.34 bits per heavy atom. The second kappa shape index (κ2) is 17.7. The minimum atomic E-state index is -0.596. The average Bonchev–Trinajstić information content (AvgIpc) is 1.44. The number of hydrogen-bond donors (Lipinski definition) is 0. The first-order valence-electron chi connectivity index (χ1n) is 32.7. The molecule has 2 atom stereocenters. The van der Waals surface area contributed by atoms with Crippen LogP contribution in [-0.4, -0.2) is 8.80 Å². The molecule has 430 valence electrons. The Balaban J connectivity index is 1.04. The van der Waals surface area contributed by atoms with Gasteiger partial charge < -0.3 is 8.80 Å². The van der Waals surface area contributed by atoms with Gasteiger partial charge in [-0.05, 0) is 167 Å². The van der Waals surface area contributed by atoms with E-state index in [0.29, 0.717) is 0 Å². The van der Waals surface area contributed by atoms with E-state index < -0.39 is 5.41 Å². The molecule has 5 bridgehead atoms. The number of hydrogen-bond acceptors (Lipinski definition) is 2. The van der Waals surface area contributed by atoms with Crippen LogP contribution in [-0.2, 0) is 5.41 Å². The first kappa shape index (κ1) is 52.0. The van der Waals surface area contributed by atoms with Crippen LogP contribution < -0.4 is 0 Å². The number of allylic oxidation sites excluding steroid dienone is 6. The summed E-state index contributed by atoms with van der Waals surface area (Å²) in [5, 5.41) is 33.3. The monoisotopic (exact) mass is 1150 g/mol. The highest BCUT2D eigenvalue weighted by Crippen LogP contribution is 2.64. The van der Waals surface area contributed by atoms with Gasteiger partial charge in [0, 0.05) is 60.8 Å². The molecule has 0 fully saturated rings. The summed E-state index contributed by atoms with van der Waals surface area (Å²) < 4.78 is 5.20. The van der Waals surface area contributed by atoms with Crippen LogP contribution in [0.5, 0.6) is 0 Å². The largest absolute Gasteiger partial charge is 0.308 e. The van der Waals surface area contributed by atoms with Gasteiger partial charge in [-0.3, -0.25) is 0 Å². The highest BCUT2D eigenvalue weighted by molar-refractivity contribution is 6.33. The molecule has 4 heteroatoms. The zero-order valence-electron chi connectivity index (χ0n) is 52.6. The molecule has 7 aliphatic carbocycles. The van der Waals surface area contributed by atoms with Gasteiger partial charge in [-0.1, -0.05) is 218 Å². The predicted octanol–water partition coefficient (Wildman–Crippen LogP) is 22.0. The van der Waals surface area contributed by atoms with E-state index in [-0.39, 0.29) is 41.4 Å². The molecule has 4 nitrogen and oxygen atoms in total.